The van der Waals surface area contributed by atoms with Crippen molar-refractivity contribution in [1.29, 1.82) is 5.26 Å². The Morgan fingerprint density at radius 3 is 2.61 bits per heavy atom. The minimum atomic E-state index is -0.769. The highest BCUT2D eigenvalue weighted by atomic mass is 32.1. The molecule has 1 saturated carbocycles. The number of hydrogen-bond donors (Lipinski definition) is 1. The Bertz CT molecular complexity index is 742. The largest absolute Gasteiger partial charge is 0.332 e. The molecule has 1 aliphatic rings. The zero-order valence-electron chi connectivity index (χ0n) is 12.5. The van der Waals surface area contributed by atoms with Crippen molar-refractivity contribution < 1.29 is 9.18 Å². The van der Waals surface area contributed by atoms with Gasteiger partial charge in [0.1, 0.15) is 22.1 Å². The number of hydrogen-bond acceptors (Lipinski definition) is 4. The van der Waals surface area contributed by atoms with Gasteiger partial charge in [0.15, 0.2) is 0 Å². The maximum atomic E-state index is 13.0. The van der Waals surface area contributed by atoms with Gasteiger partial charge in [0.05, 0.1) is 6.07 Å². The van der Waals surface area contributed by atoms with Crippen LogP contribution in [0.25, 0.3) is 10.6 Å². The first kappa shape index (κ1) is 15.6. The van der Waals surface area contributed by atoms with E-state index >= 15 is 0 Å². The number of aromatic nitrogens is 1. The summed E-state index contributed by atoms with van der Waals surface area (Å²) in [7, 11) is 0. The molecule has 1 N–H and O–H groups in total. The number of benzene rings is 1. The topological polar surface area (TPSA) is 65.8 Å². The highest BCUT2D eigenvalue weighted by Gasteiger charge is 2.34. The van der Waals surface area contributed by atoms with E-state index in [0.717, 1.165) is 24.8 Å². The van der Waals surface area contributed by atoms with Crippen molar-refractivity contribution in [3.05, 3.63) is 41.2 Å². The summed E-state index contributed by atoms with van der Waals surface area (Å²) in [6.07, 6.45) is 4.37. The van der Waals surface area contributed by atoms with E-state index < -0.39 is 5.54 Å². The first-order chi connectivity index (χ1) is 11.1. The molecule has 1 aliphatic carbocycles. The second kappa shape index (κ2) is 6.47. The monoisotopic (exact) mass is 329 g/mol. The summed E-state index contributed by atoms with van der Waals surface area (Å²) < 4.78 is 13.0. The molecule has 23 heavy (non-hydrogen) atoms. The molecule has 1 fully saturated rings. The minimum absolute atomic E-state index is 0.300. The van der Waals surface area contributed by atoms with Gasteiger partial charge in [-0.05, 0) is 37.1 Å². The van der Waals surface area contributed by atoms with Gasteiger partial charge >= 0.3 is 0 Å². The number of nitriles is 1. The van der Waals surface area contributed by atoms with Crippen molar-refractivity contribution >= 4 is 17.2 Å². The molecule has 0 radical (unpaired) electrons. The third-order valence-electron chi connectivity index (χ3n) is 4.10. The second-order valence-electron chi connectivity index (χ2n) is 5.75. The SMILES string of the molecule is N#CC1(NC(=O)c2csc(-c3ccc(F)cc3)n2)CCCCC1. The lowest BCUT2D eigenvalue weighted by atomic mass is 9.83. The highest BCUT2D eigenvalue weighted by molar-refractivity contribution is 7.13. The molecule has 1 amide bonds. The van der Waals surface area contributed by atoms with Gasteiger partial charge in [-0.1, -0.05) is 19.3 Å². The van der Waals surface area contributed by atoms with Gasteiger partial charge in [0.25, 0.3) is 5.91 Å². The second-order valence-corrected chi connectivity index (χ2v) is 6.61. The van der Waals surface area contributed by atoms with Gasteiger partial charge in [-0.15, -0.1) is 11.3 Å². The Balaban J connectivity index is 1.76. The van der Waals surface area contributed by atoms with Crippen molar-refractivity contribution in [2.75, 3.05) is 0 Å². The smallest absolute Gasteiger partial charge is 0.272 e. The number of amides is 1. The van der Waals surface area contributed by atoms with Crippen LogP contribution >= 0.6 is 11.3 Å². The van der Waals surface area contributed by atoms with Crippen LogP contribution in [-0.4, -0.2) is 16.4 Å². The van der Waals surface area contributed by atoms with Crippen molar-refractivity contribution in [2.24, 2.45) is 0 Å². The van der Waals surface area contributed by atoms with Crippen molar-refractivity contribution in [2.45, 2.75) is 37.6 Å². The summed E-state index contributed by atoms with van der Waals surface area (Å²) in [6.45, 7) is 0. The lowest BCUT2D eigenvalue weighted by Gasteiger charge is -2.31. The van der Waals surface area contributed by atoms with Crippen LogP contribution in [-0.2, 0) is 0 Å². The van der Waals surface area contributed by atoms with Gasteiger partial charge in [-0.3, -0.25) is 4.79 Å². The fraction of sp³-hybridized carbons (Fsp3) is 0.353. The van der Waals surface area contributed by atoms with E-state index in [0.29, 0.717) is 23.5 Å². The van der Waals surface area contributed by atoms with Gasteiger partial charge in [0.2, 0.25) is 0 Å². The van der Waals surface area contributed by atoms with Crippen molar-refractivity contribution in [3.63, 3.8) is 0 Å². The molecule has 1 heterocycles. The number of carbonyl (C=O) groups excluding carboxylic acids is 1. The first-order valence-corrected chi connectivity index (χ1v) is 8.45. The maximum absolute atomic E-state index is 13.0. The Morgan fingerprint density at radius 2 is 1.96 bits per heavy atom. The summed E-state index contributed by atoms with van der Waals surface area (Å²) in [5.74, 6) is -0.630. The van der Waals surface area contributed by atoms with Crippen LogP contribution < -0.4 is 5.32 Å². The van der Waals surface area contributed by atoms with Crippen LogP contribution in [0.1, 0.15) is 42.6 Å². The zero-order chi connectivity index (χ0) is 16.3. The fourth-order valence-electron chi connectivity index (χ4n) is 2.80. The average Bonchev–Trinajstić information content (AvgIpc) is 3.06. The molecule has 1 aromatic carbocycles. The number of halogens is 1. The first-order valence-electron chi connectivity index (χ1n) is 7.57. The van der Waals surface area contributed by atoms with Gasteiger partial charge < -0.3 is 5.32 Å². The highest BCUT2D eigenvalue weighted by Crippen LogP contribution is 2.29. The van der Waals surface area contributed by atoms with E-state index in [1.807, 2.05) is 0 Å². The zero-order valence-corrected chi connectivity index (χ0v) is 13.3. The molecule has 0 bridgehead atoms. The van der Waals surface area contributed by atoms with Crippen LogP contribution in [0.4, 0.5) is 4.39 Å². The molecule has 0 unspecified atom stereocenters. The Kier molecular flexibility index (Phi) is 4.39. The van der Waals surface area contributed by atoms with Crippen LogP contribution in [0.5, 0.6) is 0 Å². The molecular weight excluding hydrogens is 313 g/mol. The number of carbonyl (C=O) groups is 1. The van der Waals surface area contributed by atoms with Crippen LogP contribution in [0.2, 0.25) is 0 Å². The maximum Gasteiger partial charge on any atom is 0.272 e. The fourth-order valence-corrected chi connectivity index (χ4v) is 3.61. The molecule has 6 heteroatoms. The molecule has 3 rings (SSSR count). The molecule has 1 aromatic heterocycles. The summed E-state index contributed by atoms with van der Waals surface area (Å²) in [4.78, 5) is 16.7. The average molecular weight is 329 g/mol. The number of rotatable bonds is 3. The molecule has 4 nitrogen and oxygen atoms in total. The number of nitrogens with zero attached hydrogens (tertiary/aromatic N) is 2. The van der Waals surface area contributed by atoms with E-state index in [-0.39, 0.29) is 11.7 Å². The summed E-state index contributed by atoms with van der Waals surface area (Å²) >= 11 is 1.33. The molecule has 0 atom stereocenters. The minimum Gasteiger partial charge on any atom is -0.332 e. The molecule has 0 saturated heterocycles. The third-order valence-corrected chi connectivity index (χ3v) is 4.99. The number of thiazole rings is 1. The lowest BCUT2D eigenvalue weighted by molar-refractivity contribution is 0.0898. The van der Waals surface area contributed by atoms with Crippen molar-refractivity contribution in [3.8, 4) is 16.6 Å². The van der Waals surface area contributed by atoms with Crippen LogP contribution in [0.15, 0.2) is 29.6 Å². The van der Waals surface area contributed by atoms with Gasteiger partial charge in [-0.25, -0.2) is 9.37 Å². The Morgan fingerprint density at radius 1 is 1.26 bits per heavy atom. The molecule has 2 aromatic rings. The van der Waals surface area contributed by atoms with Gasteiger partial charge in [-0.2, -0.15) is 5.26 Å². The van der Waals surface area contributed by atoms with Crippen LogP contribution in [0.3, 0.4) is 0 Å². The Hall–Kier alpha value is -2.26. The molecule has 0 aliphatic heterocycles. The third kappa shape index (κ3) is 3.40. The quantitative estimate of drug-likeness (QED) is 0.928. The molecule has 0 spiro atoms. The van der Waals surface area contributed by atoms with E-state index in [1.54, 1.807) is 17.5 Å². The van der Waals surface area contributed by atoms with Gasteiger partial charge in [0, 0.05) is 10.9 Å². The molecule has 118 valence electrons. The summed E-state index contributed by atoms with van der Waals surface area (Å²) in [5.41, 5.74) is 0.298. The van der Waals surface area contributed by atoms with E-state index in [4.69, 9.17) is 0 Å². The Labute approximate surface area is 138 Å². The summed E-state index contributed by atoms with van der Waals surface area (Å²) in [5, 5.41) is 14.6. The normalized spacial score (nSPS) is 16.5. The van der Waals surface area contributed by atoms with Crippen molar-refractivity contribution in [1.82, 2.24) is 10.3 Å². The van der Waals surface area contributed by atoms with E-state index in [1.165, 1.54) is 23.5 Å². The van der Waals surface area contributed by atoms with E-state index in [9.17, 15) is 14.4 Å². The van der Waals surface area contributed by atoms with E-state index in [2.05, 4.69) is 16.4 Å². The predicted octanol–water partition coefficient (Wildman–Crippen LogP) is 3.91. The molecular formula is C17H16FN3OS. The summed E-state index contributed by atoms with van der Waals surface area (Å²) in [6, 6.07) is 8.26. The number of nitrogens with one attached hydrogen (secondary N) is 1. The lowest BCUT2D eigenvalue weighted by Crippen LogP contribution is -2.48. The van der Waals surface area contributed by atoms with Crippen LogP contribution in [0, 0.1) is 17.1 Å². The standard InChI is InChI=1S/C17H16FN3OS/c18-13-6-4-12(5-7-13)16-20-14(10-23-16)15(22)21-17(11-19)8-2-1-3-9-17/h4-7,10H,1-3,8-9H2,(H,21,22). The predicted molar refractivity (Wildman–Crippen MR) is 86.4 cm³/mol.